The van der Waals surface area contributed by atoms with Crippen LogP contribution in [0.3, 0.4) is 0 Å². The van der Waals surface area contributed by atoms with Crippen LogP contribution in [-0.4, -0.2) is 38.0 Å². The first-order chi connectivity index (χ1) is 13.5. The van der Waals surface area contributed by atoms with Crippen molar-refractivity contribution in [1.29, 1.82) is 0 Å². The normalized spacial score (nSPS) is 16.0. The van der Waals surface area contributed by atoms with E-state index in [4.69, 9.17) is 21.1 Å². The molecule has 28 heavy (non-hydrogen) atoms. The molecule has 1 saturated heterocycles. The fraction of sp³-hybridized carbons (Fsp3) is 0.250. The van der Waals surface area contributed by atoms with Gasteiger partial charge in [-0.25, -0.2) is 0 Å². The fourth-order valence-electron chi connectivity index (χ4n) is 2.88. The van der Waals surface area contributed by atoms with Crippen molar-refractivity contribution in [2.45, 2.75) is 6.42 Å². The molecule has 1 N–H and O–H groups in total. The fourth-order valence-corrected chi connectivity index (χ4v) is 3.06. The number of halogens is 1. The molecule has 7 nitrogen and oxygen atoms in total. The molecule has 1 fully saturated rings. The monoisotopic (exact) mass is 402 g/mol. The van der Waals surface area contributed by atoms with E-state index in [1.165, 1.54) is 4.90 Å². The molecule has 1 aliphatic rings. The van der Waals surface area contributed by atoms with Gasteiger partial charge in [0, 0.05) is 18.7 Å². The predicted octanol–water partition coefficient (Wildman–Crippen LogP) is 2.88. The number of ether oxygens (including phenoxy) is 2. The first kappa shape index (κ1) is 19.7. The van der Waals surface area contributed by atoms with Crippen LogP contribution in [0, 0.1) is 5.92 Å². The highest BCUT2D eigenvalue weighted by atomic mass is 35.5. The second-order valence-electron chi connectivity index (χ2n) is 6.24. The van der Waals surface area contributed by atoms with E-state index in [0.29, 0.717) is 22.1 Å². The van der Waals surface area contributed by atoms with E-state index in [1.54, 1.807) is 55.6 Å². The molecule has 1 atom stereocenters. The number of carbonyl (C=O) groups excluding carboxylic acids is 3. The molecule has 2 aromatic carbocycles. The maximum Gasteiger partial charge on any atom is 0.311 e. The number of para-hydroxylation sites is 1. The lowest BCUT2D eigenvalue weighted by molar-refractivity contribution is -0.151. The van der Waals surface area contributed by atoms with Crippen LogP contribution in [0.4, 0.5) is 11.4 Å². The van der Waals surface area contributed by atoms with E-state index in [-0.39, 0.29) is 18.9 Å². The van der Waals surface area contributed by atoms with Crippen LogP contribution in [0.25, 0.3) is 0 Å². The third kappa shape index (κ3) is 4.61. The third-order valence-electron chi connectivity index (χ3n) is 4.34. The quantitative estimate of drug-likeness (QED) is 0.751. The average Bonchev–Trinajstić information content (AvgIpc) is 3.10. The van der Waals surface area contributed by atoms with E-state index in [9.17, 15) is 14.4 Å². The summed E-state index contributed by atoms with van der Waals surface area (Å²) in [6.07, 6.45) is 0.0387. The largest absolute Gasteiger partial charge is 0.497 e. The summed E-state index contributed by atoms with van der Waals surface area (Å²) in [7, 11) is 1.56. The Labute approximate surface area is 167 Å². The molecule has 0 aromatic heterocycles. The van der Waals surface area contributed by atoms with Gasteiger partial charge in [-0.1, -0.05) is 23.7 Å². The smallest absolute Gasteiger partial charge is 0.311 e. The topological polar surface area (TPSA) is 84.9 Å². The molecule has 0 bridgehead atoms. The highest BCUT2D eigenvalue weighted by molar-refractivity contribution is 6.33. The van der Waals surface area contributed by atoms with Gasteiger partial charge < -0.3 is 19.7 Å². The number of methoxy groups -OCH3 is 1. The predicted molar refractivity (Wildman–Crippen MR) is 104 cm³/mol. The van der Waals surface area contributed by atoms with Crippen molar-refractivity contribution in [3.8, 4) is 5.75 Å². The van der Waals surface area contributed by atoms with Gasteiger partial charge in [-0.15, -0.1) is 0 Å². The number of amides is 2. The summed E-state index contributed by atoms with van der Waals surface area (Å²) in [5.41, 5.74) is 1.12. The van der Waals surface area contributed by atoms with Gasteiger partial charge >= 0.3 is 5.97 Å². The van der Waals surface area contributed by atoms with E-state index >= 15 is 0 Å². The standard InChI is InChI=1S/C20H19ClN2O5/c1-27-15-8-6-14(7-9-15)23-11-13(10-19(23)25)20(26)28-12-18(24)22-17-5-3-2-4-16(17)21/h2-9,13H,10-12H2,1H3,(H,22,24)/t13-/m0/s1. The van der Waals surface area contributed by atoms with Gasteiger partial charge in [0.2, 0.25) is 5.91 Å². The maximum atomic E-state index is 12.3. The summed E-state index contributed by atoms with van der Waals surface area (Å²) < 4.78 is 10.2. The molecule has 0 radical (unpaired) electrons. The molecule has 0 aliphatic carbocycles. The zero-order valence-corrected chi connectivity index (χ0v) is 15.9. The Morgan fingerprint density at radius 2 is 1.89 bits per heavy atom. The number of esters is 1. The van der Waals surface area contributed by atoms with Crippen molar-refractivity contribution < 1.29 is 23.9 Å². The van der Waals surface area contributed by atoms with Crippen LogP contribution in [0.15, 0.2) is 48.5 Å². The Morgan fingerprint density at radius 1 is 1.18 bits per heavy atom. The Balaban J connectivity index is 1.52. The zero-order chi connectivity index (χ0) is 20.1. The second-order valence-corrected chi connectivity index (χ2v) is 6.65. The average molecular weight is 403 g/mol. The second kappa shape index (κ2) is 8.75. The minimum atomic E-state index is -0.622. The van der Waals surface area contributed by atoms with E-state index in [1.807, 2.05) is 0 Å². The lowest BCUT2D eigenvalue weighted by Gasteiger charge is -2.17. The van der Waals surface area contributed by atoms with E-state index < -0.39 is 24.4 Å². The Morgan fingerprint density at radius 3 is 2.57 bits per heavy atom. The molecular formula is C20H19ClN2O5. The SMILES string of the molecule is COc1ccc(N2C[C@@H](C(=O)OCC(=O)Nc3ccccc3Cl)CC2=O)cc1. The first-order valence-corrected chi connectivity index (χ1v) is 9.01. The number of nitrogens with zero attached hydrogens (tertiary/aromatic N) is 1. The van der Waals surface area contributed by atoms with Crippen molar-refractivity contribution in [2.24, 2.45) is 5.92 Å². The van der Waals surface area contributed by atoms with Gasteiger partial charge in [0.15, 0.2) is 6.61 Å². The Kier molecular flexibility index (Phi) is 6.16. The number of benzene rings is 2. The van der Waals surface area contributed by atoms with Crippen molar-refractivity contribution in [2.75, 3.05) is 30.5 Å². The van der Waals surface area contributed by atoms with Gasteiger partial charge in [-0.05, 0) is 36.4 Å². The molecule has 146 valence electrons. The number of rotatable bonds is 6. The summed E-state index contributed by atoms with van der Waals surface area (Å²) >= 11 is 5.97. The molecule has 2 aromatic rings. The number of carbonyl (C=O) groups is 3. The summed E-state index contributed by atoms with van der Waals surface area (Å²) in [5.74, 6) is -1.21. The van der Waals surface area contributed by atoms with E-state index in [0.717, 1.165) is 0 Å². The third-order valence-corrected chi connectivity index (χ3v) is 4.67. The zero-order valence-electron chi connectivity index (χ0n) is 15.2. The van der Waals surface area contributed by atoms with E-state index in [2.05, 4.69) is 5.32 Å². The Bertz CT molecular complexity index is 884. The van der Waals surface area contributed by atoms with Crippen LogP contribution in [0.1, 0.15) is 6.42 Å². The molecule has 1 aliphatic heterocycles. The van der Waals surface area contributed by atoms with Crippen LogP contribution in [0.2, 0.25) is 5.02 Å². The molecule has 0 unspecified atom stereocenters. The highest BCUT2D eigenvalue weighted by Crippen LogP contribution is 2.27. The van der Waals surface area contributed by atoms with Crippen LogP contribution in [0.5, 0.6) is 5.75 Å². The molecule has 3 rings (SSSR count). The van der Waals surface area contributed by atoms with Gasteiger partial charge in [-0.3, -0.25) is 14.4 Å². The summed E-state index contributed by atoms with van der Waals surface area (Å²) in [5, 5.41) is 2.96. The summed E-state index contributed by atoms with van der Waals surface area (Å²) in [6, 6.07) is 13.7. The molecule has 0 saturated carbocycles. The molecular weight excluding hydrogens is 384 g/mol. The van der Waals surface area contributed by atoms with Gasteiger partial charge in [0.1, 0.15) is 5.75 Å². The molecule has 0 spiro atoms. The number of anilines is 2. The lowest BCUT2D eigenvalue weighted by Crippen LogP contribution is -2.28. The van der Waals surface area contributed by atoms with Crippen molar-refractivity contribution in [1.82, 2.24) is 0 Å². The van der Waals surface area contributed by atoms with Gasteiger partial charge in [-0.2, -0.15) is 0 Å². The molecule has 8 heteroatoms. The lowest BCUT2D eigenvalue weighted by atomic mass is 10.1. The number of hydrogen-bond acceptors (Lipinski definition) is 5. The van der Waals surface area contributed by atoms with Crippen molar-refractivity contribution in [3.05, 3.63) is 53.6 Å². The number of hydrogen-bond donors (Lipinski definition) is 1. The van der Waals surface area contributed by atoms with Crippen LogP contribution >= 0.6 is 11.6 Å². The van der Waals surface area contributed by atoms with Gasteiger partial charge in [0.05, 0.1) is 23.7 Å². The molecule has 2 amide bonds. The summed E-state index contributed by atoms with van der Waals surface area (Å²) in [6.45, 7) is -0.243. The van der Waals surface area contributed by atoms with Crippen molar-refractivity contribution in [3.63, 3.8) is 0 Å². The van der Waals surface area contributed by atoms with Gasteiger partial charge in [0.25, 0.3) is 5.91 Å². The van der Waals surface area contributed by atoms with Crippen LogP contribution in [-0.2, 0) is 19.1 Å². The summed E-state index contributed by atoms with van der Waals surface area (Å²) in [4.78, 5) is 38.0. The molecule has 1 heterocycles. The van der Waals surface area contributed by atoms with Crippen molar-refractivity contribution >= 4 is 40.8 Å². The minimum Gasteiger partial charge on any atom is -0.497 e. The maximum absolute atomic E-state index is 12.3. The van der Waals surface area contributed by atoms with Crippen LogP contribution < -0.4 is 15.0 Å². The Hall–Kier alpha value is -3.06. The highest BCUT2D eigenvalue weighted by Gasteiger charge is 2.36. The first-order valence-electron chi connectivity index (χ1n) is 8.63. The minimum absolute atomic E-state index is 0.0387. The number of nitrogens with one attached hydrogen (secondary N) is 1.